The number of hydrogen-bond donors (Lipinski definition) is 1. The van der Waals surface area contributed by atoms with Gasteiger partial charge in [0.1, 0.15) is 16.6 Å². The van der Waals surface area contributed by atoms with Gasteiger partial charge < -0.3 is 34.6 Å². The van der Waals surface area contributed by atoms with Crippen LogP contribution in [-0.4, -0.2) is 21.5 Å². The quantitative estimate of drug-likeness (QED) is 0.233. The number of carboxylic acids is 1. The lowest BCUT2D eigenvalue weighted by Gasteiger charge is -2.00. The molecule has 0 bridgehead atoms. The van der Waals surface area contributed by atoms with Crippen LogP contribution < -0.4 is 24.0 Å². The highest BCUT2D eigenvalue weighted by atomic mass is 127. The maximum absolute atomic E-state index is 11.3. The molecule has 134 valence electrons. The fraction of sp³-hybridized carbons (Fsp3) is 0.133. The Morgan fingerprint density at radius 1 is 1.00 bits per heavy atom. The molecule has 0 atom stereocenters. The molecular formula is C15H17I4NO3S. The first-order valence-electron chi connectivity index (χ1n) is 5.94. The van der Waals surface area contributed by atoms with Gasteiger partial charge in [-0.2, -0.15) is 0 Å². The summed E-state index contributed by atoms with van der Waals surface area (Å²) in [4.78, 5) is 16.0. The minimum Gasteiger partial charge on any atom is -1.00 e. The van der Waals surface area contributed by atoms with Crippen molar-refractivity contribution in [2.24, 2.45) is 0 Å². The molecule has 2 aromatic carbocycles. The number of rotatable bonds is 1. The van der Waals surface area contributed by atoms with Gasteiger partial charge in [-0.05, 0) is 31.0 Å². The maximum Gasteiger partial charge on any atom is 0.341 e. The SMILES string of the molecule is Cc1cccc2[s+]c3c(C(=O)O)ccc(C)c3nc12.I.I.I.O.[I-]. The fourth-order valence-corrected chi connectivity index (χ4v) is 3.40. The third kappa shape index (κ3) is 5.65. The lowest BCUT2D eigenvalue weighted by Crippen LogP contribution is -3.00. The number of fused-ring (bicyclic) bond motifs is 2. The van der Waals surface area contributed by atoms with Gasteiger partial charge in [0.15, 0.2) is 0 Å². The van der Waals surface area contributed by atoms with Crippen molar-refractivity contribution in [2.45, 2.75) is 13.8 Å². The Morgan fingerprint density at radius 3 is 2.17 bits per heavy atom. The molecule has 3 rings (SSSR count). The lowest BCUT2D eigenvalue weighted by molar-refractivity contribution is -0.0000207. The topological polar surface area (TPSA) is 81.7 Å². The van der Waals surface area contributed by atoms with E-state index in [1.807, 2.05) is 38.1 Å². The summed E-state index contributed by atoms with van der Waals surface area (Å²) in [5.41, 5.74) is 4.16. The molecule has 0 aliphatic rings. The molecule has 9 heteroatoms. The van der Waals surface area contributed by atoms with Crippen LogP contribution in [0.15, 0.2) is 30.3 Å². The number of carbonyl (C=O) groups is 1. The van der Waals surface area contributed by atoms with Gasteiger partial charge in [0.2, 0.25) is 11.3 Å². The van der Waals surface area contributed by atoms with Crippen molar-refractivity contribution >= 4 is 110 Å². The maximum atomic E-state index is 11.3. The van der Waals surface area contributed by atoms with Crippen LogP contribution in [0.25, 0.3) is 20.4 Å². The number of carboxylic acid groups (broad SMARTS) is 1. The Kier molecular flexibility index (Phi) is 15.1. The molecule has 3 aromatic rings. The summed E-state index contributed by atoms with van der Waals surface area (Å²) < 4.78 is 1.76. The predicted octanol–water partition coefficient (Wildman–Crippen LogP) is 2.08. The summed E-state index contributed by atoms with van der Waals surface area (Å²) in [5, 5.41) is 9.28. The van der Waals surface area contributed by atoms with Crippen molar-refractivity contribution in [3.05, 3.63) is 47.0 Å². The van der Waals surface area contributed by atoms with Crippen molar-refractivity contribution in [3.63, 3.8) is 0 Å². The Bertz CT molecular complexity index is 846. The minimum absolute atomic E-state index is 0. The average Bonchev–Trinajstić information content (AvgIpc) is 2.38. The number of halogens is 4. The summed E-state index contributed by atoms with van der Waals surface area (Å²) in [6, 6.07) is 9.44. The summed E-state index contributed by atoms with van der Waals surface area (Å²) in [7, 11) is 0. The summed E-state index contributed by atoms with van der Waals surface area (Å²) in [5.74, 6) is -0.907. The Hall–Kier alpha value is 0.810. The monoisotopic (exact) mass is 799 g/mol. The van der Waals surface area contributed by atoms with Crippen LogP contribution in [0.4, 0.5) is 0 Å². The summed E-state index contributed by atoms with van der Waals surface area (Å²) in [6.45, 7) is 3.97. The van der Waals surface area contributed by atoms with Crippen molar-refractivity contribution < 1.29 is 39.4 Å². The van der Waals surface area contributed by atoms with Crippen molar-refractivity contribution in [3.8, 4) is 0 Å². The van der Waals surface area contributed by atoms with Crippen LogP contribution in [0, 0.1) is 13.8 Å². The van der Waals surface area contributed by atoms with Gasteiger partial charge in [0, 0.05) is 6.07 Å². The molecule has 1 aromatic heterocycles. The molecule has 0 unspecified atom stereocenters. The molecule has 3 N–H and O–H groups in total. The van der Waals surface area contributed by atoms with E-state index < -0.39 is 5.97 Å². The van der Waals surface area contributed by atoms with Gasteiger partial charge in [-0.3, -0.25) is 0 Å². The Labute approximate surface area is 212 Å². The van der Waals surface area contributed by atoms with Crippen LogP contribution >= 0.6 is 83.3 Å². The first-order chi connectivity index (χ1) is 9.08. The minimum atomic E-state index is -0.907. The van der Waals surface area contributed by atoms with Gasteiger partial charge >= 0.3 is 5.97 Å². The van der Waals surface area contributed by atoms with Gasteiger partial charge in [0.05, 0.1) is 0 Å². The highest BCUT2D eigenvalue weighted by molar-refractivity contribution is 14.0. The molecule has 0 radical (unpaired) electrons. The molecule has 0 aliphatic carbocycles. The number of hydrogen-bond acceptors (Lipinski definition) is 2. The summed E-state index contributed by atoms with van der Waals surface area (Å²) in [6.07, 6.45) is 0. The Morgan fingerprint density at radius 2 is 1.58 bits per heavy atom. The standard InChI is InChI=1S/C15H11NO2S.4HI.H2O/c1-8-4-3-5-11-12(8)16-13-9(2)6-7-10(15(17)18)14(13)19-11;;;;;/h3-7H,1-2H3;4*1H;1H2. The van der Waals surface area contributed by atoms with E-state index >= 15 is 0 Å². The van der Waals surface area contributed by atoms with E-state index in [9.17, 15) is 9.90 Å². The van der Waals surface area contributed by atoms with E-state index in [1.54, 1.807) is 6.07 Å². The molecule has 4 nitrogen and oxygen atoms in total. The molecule has 0 saturated heterocycles. The van der Waals surface area contributed by atoms with Gasteiger partial charge in [-0.25, -0.2) is 9.78 Å². The van der Waals surface area contributed by atoms with Crippen LogP contribution in [0.1, 0.15) is 21.5 Å². The molecule has 24 heavy (non-hydrogen) atoms. The predicted molar refractivity (Wildman–Crippen MR) is 128 cm³/mol. The van der Waals surface area contributed by atoms with Crippen molar-refractivity contribution in [1.29, 1.82) is 0 Å². The third-order valence-electron chi connectivity index (χ3n) is 3.20. The van der Waals surface area contributed by atoms with E-state index in [2.05, 4.69) is 4.98 Å². The second kappa shape index (κ2) is 12.2. The highest BCUT2D eigenvalue weighted by Crippen LogP contribution is 2.31. The van der Waals surface area contributed by atoms with E-state index in [1.165, 1.54) is 11.3 Å². The molecule has 1 heterocycles. The van der Waals surface area contributed by atoms with E-state index in [0.717, 1.165) is 31.6 Å². The average molecular weight is 799 g/mol. The van der Waals surface area contributed by atoms with E-state index in [0.29, 0.717) is 5.56 Å². The van der Waals surface area contributed by atoms with Crippen LogP contribution in [-0.2, 0) is 0 Å². The number of aromatic carboxylic acids is 1. The third-order valence-corrected chi connectivity index (χ3v) is 4.37. The highest BCUT2D eigenvalue weighted by Gasteiger charge is 2.22. The van der Waals surface area contributed by atoms with Crippen LogP contribution in [0.2, 0.25) is 0 Å². The zero-order valence-corrected chi connectivity index (χ0v) is 22.7. The number of para-hydroxylation sites is 1. The molecule has 0 spiro atoms. The normalized spacial score (nSPS) is 8.75. The van der Waals surface area contributed by atoms with Crippen LogP contribution in [0.5, 0.6) is 0 Å². The molecule has 0 amide bonds. The fourth-order valence-electron chi connectivity index (χ4n) is 2.16. The number of benzene rings is 2. The zero-order valence-electron chi connectivity index (χ0n) is 12.7. The number of nitrogens with zero attached hydrogens (tertiary/aromatic N) is 1. The molecule has 0 aliphatic heterocycles. The number of aromatic nitrogens is 1. The van der Waals surface area contributed by atoms with Gasteiger partial charge in [-0.1, -0.05) is 18.2 Å². The van der Waals surface area contributed by atoms with E-state index in [-0.39, 0.29) is 101 Å². The van der Waals surface area contributed by atoms with Crippen LogP contribution in [0.3, 0.4) is 0 Å². The zero-order chi connectivity index (χ0) is 13.6. The summed E-state index contributed by atoms with van der Waals surface area (Å²) >= 11 is 1.49. The van der Waals surface area contributed by atoms with Crippen molar-refractivity contribution in [2.75, 3.05) is 0 Å². The first-order valence-corrected chi connectivity index (χ1v) is 6.75. The van der Waals surface area contributed by atoms with E-state index in [4.69, 9.17) is 0 Å². The molecular weight excluding hydrogens is 782 g/mol. The Balaban J connectivity index is -0.000000882. The molecule has 0 fully saturated rings. The second-order valence-electron chi connectivity index (χ2n) is 4.55. The second-order valence-corrected chi connectivity index (χ2v) is 5.60. The first kappa shape index (κ1) is 29.6. The lowest BCUT2D eigenvalue weighted by atomic mass is 10.1. The largest absolute Gasteiger partial charge is 1.00 e. The number of aryl methyl sites for hydroxylation is 2. The smallest absolute Gasteiger partial charge is 0.341 e. The van der Waals surface area contributed by atoms with Gasteiger partial charge in [-0.15, -0.1) is 71.9 Å². The molecule has 0 saturated carbocycles. The van der Waals surface area contributed by atoms with Gasteiger partial charge in [0.25, 0.3) is 9.40 Å². The van der Waals surface area contributed by atoms with Crippen molar-refractivity contribution in [1.82, 2.24) is 4.98 Å².